The second-order valence-electron chi connectivity index (χ2n) is 19.2. The van der Waals surface area contributed by atoms with Gasteiger partial charge in [0, 0.05) is 44.9 Å². The third-order valence-corrected chi connectivity index (χ3v) is 10.6. The van der Waals surface area contributed by atoms with Crippen LogP contribution in [0.1, 0.15) is 112 Å². The van der Waals surface area contributed by atoms with Gasteiger partial charge in [0.25, 0.3) is 0 Å². The van der Waals surface area contributed by atoms with E-state index in [9.17, 15) is 43.2 Å². The first-order valence-corrected chi connectivity index (χ1v) is 27.0. The monoisotopic (exact) mass is 1130 g/mol. The molecule has 452 valence electrons. The lowest BCUT2D eigenvalue weighted by Gasteiger charge is -2.29. The van der Waals surface area contributed by atoms with Gasteiger partial charge < -0.3 is 75.1 Å². The topological polar surface area (TPSA) is 329 Å². The van der Waals surface area contributed by atoms with Crippen molar-refractivity contribution in [1.82, 2.24) is 36.8 Å². The summed E-state index contributed by atoms with van der Waals surface area (Å²) >= 11 is 0. The molecule has 0 heterocycles. The van der Waals surface area contributed by atoms with Crippen molar-refractivity contribution < 1.29 is 81.0 Å². The van der Waals surface area contributed by atoms with Gasteiger partial charge in [-0.3, -0.25) is 43.7 Å². The quantitative estimate of drug-likeness (QED) is 0.0361. The van der Waals surface area contributed by atoms with Gasteiger partial charge in [-0.05, 0) is 94.0 Å². The lowest BCUT2D eigenvalue weighted by molar-refractivity contribution is -0.138. The number of ketones is 4. The molecule has 25 heteroatoms. The fraction of sp³-hybridized carbons (Fsp3) is 0.722. The molecule has 79 heavy (non-hydrogen) atoms. The number of carbonyl (C=O) groups is 9. The summed E-state index contributed by atoms with van der Waals surface area (Å²) in [6.07, 6.45) is 2.28. The smallest absolute Gasteiger partial charge is 0.407 e. The Kier molecular flexibility index (Phi) is 41.6. The molecular formula is C54H94N8O17. The molecule has 2 atom stereocenters. The van der Waals surface area contributed by atoms with Gasteiger partial charge in [-0.1, -0.05) is 6.42 Å². The van der Waals surface area contributed by atoms with Crippen molar-refractivity contribution >= 4 is 52.9 Å². The molecule has 0 aliphatic rings. The van der Waals surface area contributed by atoms with Crippen molar-refractivity contribution in [2.75, 3.05) is 126 Å². The lowest BCUT2D eigenvalue weighted by atomic mass is 10.1. The summed E-state index contributed by atoms with van der Waals surface area (Å²) < 4.78 is 44.0. The summed E-state index contributed by atoms with van der Waals surface area (Å²) in [6.45, 7) is 18.6. The highest BCUT2D eigenvalue weighted by Gasteiger charge is 2.29. The molecule has 0 spiro atoms. The number of alkyl carbamates (subject to hydrolysis) is 1. The Labute approximate surface area is 467 Å². The average Bonchev–Trinajstić information content (AvgIpc) is 3.36. The average molecular weight is 1130 g/mol. The molecule has 0 aliphatic heterocycles. The van der Waals surface area contributed by atoms with Crippen LogP contribution < -0.4 is 51.8 Å². The van der Waals surface area contributed by atoms with Crippen LogP contribution in [0.5, 0.6) is 17.2 Å². The summed E-state index contributed by atoms with van der Waals surface area (Å²) in [5, 5.41) is 16.8. The number of nitrogens with one attached hydrogen (secondary N) is 6. The van der Waals surface area contributed by atoms with E-state index in [-0.39, 0.29) is 113 Å². The molecule has 0 aromatic heterocycles. The summed E-state index contributed by atoms with van der Waals surface area (Å²) in [7, 11) is 2.98. The number of nitrogens with zero attached hydrogens (tertiary/aromatic N) is 1. The van der Waals surface area contributed by atoms with Crippen LogP contribution in [0.25, 0.3) is 0 Å². The van der Waals surface area contributed by atoms with Gasteiger partial charge in [-0.15, -0.1) is 0 Å². The number of nitrogens with two attached hydrogens (primary N) is 1. The Hall–Kier alpha value is -5.83. The zero-order valence-electron chi connectivity index (χ0n) is 48.7. The molecule has 0 aliphatic carbocycles. The fourth-order valence-electron chi connectivity index (χ4n) is 7.03. The van der Waals surface area contributed by atoms with Crippen LogP contribution in [-0.2, 0) is 68.6 Å². The molecule has 0 saturated carbocycles. The van der Waals surface area contributed by atoms with Gasteiger partial charge in [0.15, 0.2) is 0 Å². The predicted molar refractivity (Wildman–Crippen MR) is 295 cm³/mol. The minimum Gasteiger partial charge on any atom is -0.496 e. The molecule has 1 rings (SSSR count). The fourth-order valence-corrected chi connectivity index (χ4v) is 7.03. The molecule has 0 fully saturated rings. The van der Waals surface area contributed by atoms with E-state index in [4.69, 9.17) is 43.6 Å². The van der Waals surface area contributed by atoms with E-state index < -0.39 is 35.6 Å². The van der Waals surface area contributed by atoms with Gasteiger partial charge in [-0.25, -0.2) is 4.79 Å². The van der Waals surface area contributed by atoms with E-state index in [0.717, 1.165) is 19.4 Å². The van der Waals surface area contributed by atoms with Gasteiger partial charge in [0.05, 0.1) is 118 Å². The van der Waals surface area contributed by atoms with Gasteiger partial charge in [0.2, 0.25) is 23.6 Å². The van der Waals surface area contributed by atoms with E-state index in [1.807, 2.05) is 6.92 Å². The van der Waals surface area contributed by atoms with Crippen LogP contribution in [0.4, 0.5) is 4.79 Å². The maximum absolute atomic E-state index is 14.2. The number of benzene rings is 1. The zero-order valence-corrected chi connectivity index (χ0v) is 48.7. The van der Waals surface area contributed by atoms with Gasteiger partial charge in [-0.2, -0.15) is 0 Å². The SMILES string of the molecule is CC(=O)CNCCCCC(NCC(C)=O)C(=O)NCCOCCOCCN.CCOc1cc(OC)c(CN(CCOCCOCCNC(=O)OC(C)(C)C)C(=O)C(CCCCNC(=O)CC(C)=O)NC(=O)CC(C)=O)c(OC)c1. The second kappa shape index (κ2) is 45.0. The van der Waals surface area contributed by atoms with Gasteiger partial charge >= 0.3 is 6.09 Å². The Morgan fingerprint density at radius 3 is 1.67 bits per heavy atom. The molecule has 5 amide bonds. The number of ether oxygens (including phenoxy) is 8. The molecule has 1 aromatic rings. The van der Waals surface area contributed by atoms with Crippen LogP contribution in [0.3, 0.4) is 0 Å². The van der Waals surface area contributed by atoms with E-state index in [2.05, 4.69) is 31.9 Å². The Morgan fingerprint density at radius 2 is 1.14 bits per heavy atom. The maximum Gasteiger partial charge on any atom is 0.407 e. The Morgan fingerprint density at radius 1 is 0.608 bits per heavy atom. The number of carbonyl (C=O) groups excluding carboxylic acids is 9. The predicted octanol–water partition coefficient (Wildman–Crippen LogP) is 1.71. The summed E-state index contributed by atoms with van der Waals surface area (Å²) in [5.74, 6) is -0.697. The number of Topliss-reactive ketones (excluding diaryl/α,β-unsaturated/α-hetero) is 4. The molecule has 8 N–H and O–H groups in total. The molecule has 0 bridgehead atoms. The van der Waals surface area contributed by atoms with E-state index in [0.29, 0.717) is 94.7 Å². The number of amides is 5. The zero-order chi connectivity index (χ0) is 59.4. The van der Waals surface area contributed by atoms with Crippen molar-refractivity contribution in [2.24, 2.45) is 5.73 Å². The van der Waals surface area contributed by atoms with E-state index >= 15 is 0 Å². The highest BCUT2D eigenvalue weighted by Crippen LogP contribution is 2.35. The van der Waals surface area contributed by atoms with Gasteiger partial charge in [0.1, 0.15) is 52.0 Å². The van der Waals surface area contributed by atoms with Crippen molar-refractivity contribution in [1.29, 1.82) is 0 Å². The summed E-state index contributed by atoms with van der Waals surface area (Å²) in [4.78, 5) is 109. The second-order valence-corrected chi connectivity index (χ2v) is 19.2. The molecule has 1 aromatic carbocycles. The molecular weight excluding hydrogens is 1030 g/mol. The number of hydrogen-bond donors (Lipinski definition) is 7. The normalized spacial score (nSPS) is 11.7. The minimum absolute atomic E-state index is 0.0169. The van der Waals surface area contributed by atoms with E-state index in [1.54, 1.807) is 32.9 Å². The van der Waals surface area contributed by atoms with Crippen LogP contribution >= 0.6 is 0 Å². The van der Waals surface area contributed by atoms with Crippen LogP contribution in [-0.4, -0.2) is 201 Å². The number of unbranched alkanes of at least 4 members (excludes halogenated alkanes) is 2. The first-order chi connectivity index (χ1) is 37.6. The minimum atomic E-state index is -1.000. The molecule has 0 radical (unpaired) electrons. The number of methoxy groups -OCH3 is 2. The Bertz CT molecular complexity index is 1940. The Balaban J connectivity index is 0.00000189. The van der Waals surface area contributed by atoms with Crippen molar-refractivity contribution in [3.63, 3.8) is 0 Å². The standard InChI is InChI=1S/C36H58N4O12.C18H36N4O5/c1-9-51-27-22-30(47-7)28(31(23-27)48-8)24-40(15-17-50-19-18-49-16-14-38-35(46)52-36(4,5)6)34(45)29(39-33(44)21-26(3)42)12-10-11-13-37-32(43)20-25(2)41;1-15(23)13-20-7-4-3-5-17(22-14-16(2)24)18(25)21-8-10-27-12-11-26-9-6-19/h22-23,29H,9-21,24H2,1-8H3,(H,37,43)(H,38,46)(H,39,44);17,20,22H,3-14,19H2,1-2H3,(H,21,25). The molecule has 25 nitrogen and oxygen atoms in total. The highest BCUT2D eigenvalue weighted by atomic mass is 16.6. The van der Waals surface area contributed by atoms with Crippen molar-refractivity contribution in [2.45, 2.75) is 131 Å². The van der Waals surface area contributed by atoms with Crippen LogP contribution in [0, 0.1) is 0 Å². The summed E-state index contributed by atoms with van der Waals surface area (Å²) in [6, 6.07) is 1.97. The molecule has 2 unspecified atom stereocenters. The molecule has 0 saturated heterocycles. The number of rotatable bonds is 45. The summed E-state index contributed by atoms with van der Waals surface area (Å²) in [5.41, 5.74) is 5.27. The number of hydrogen-bond acceptors (Lipinski definition) is 20. The van der Waals surface area contributed by atoms with Crippen LogP contribution in [0.15, 0.2) is 12.1 Å². The van der Waals surface area contributed by atoms with E-state index in [1.165, 1.54) is 46.8 Å². The first-order valence-electron chi connectivity index (χ1n) is 27.0. The first kappa shape index (κ1) is 73.2. The largest absolute Gasteiger partial charge is 0.496 e. The third kappa shape index (κ3) is 40.1. The third-order valence-electron chi connectivity index (χ3n) is 10.6. The lowest BCUT2D eigenvalue weighted by Crippen LogP contribution is -2.49. The van der Waals surface area contributed by atoms with Crippen molar-refractivity contribution in [3.8, 4) is 17.2 Å². The van der Waals surface area contributed by atoms with Crippen LogP contribution in [0.2, 0.25) is 0 Å². The maximum atomic E-state index is 14.2. The highest BCUT2D eigenvalue weighted by molar-refractivity contribution is 5.99. The van der Waals surface area contributed by atoms with Crippen molar-refractivity contribution in [3.05, 3.63) is 17.7 Å².